The summed E-state index contributed by atoms with van der Waals surface area (Å²) in [6.45, 7) is 1.94. The van der Waals surface area contributed by atoms with Crippen LogP contribution in [0.3, 0.4) is 0 Å². The van der Waals surface area contributed by atoms with Gasteiger partial charge in [0.25, 0.3) is 5.91 Å². The molecule has 1 N–H and O–H groups in total. The first kappa shape index (κ1) is 25.2. The number of amides is 1. The lowest BCUT2D eigenvalue weighted by atomic mass is 10.1. The molecule has 0 aromatic heterocycles. The number of halogens is 5. The van der Waals surface area contributed by atoms with Gasteiger partial charge >= 0.3 is 0 Å². The van der Waals surface area contributed by atoms with E-state index in [1.54, 1.807) is 48.5 Å². The van der Waals surface area contributed by atoms with Crippen molar-refractivity contribution in [1.82, 2.24) is 0 Å². The summed E-state index contributed by atoms with van der Waals surface area (Å²) in [4.78, 5) is 12.6. The topological polar surface area (TPSA) is 62.1 Å². The van der Waals surface area contributed by atoms with Crippen molar-refractivity contribution in [3.8, 4) is 11.8 Å². The Morgan fingerprint density at radius 1 is 0.970 bits per heavy atom. The Hall–Kier alpha value is -2.39. The lowest BCUT2D eigenvalue weighted by Gasteiger charge is -2.12. The average Bonchev–Trinajstić information content (AvgIpc) is 2.75. The second-order valence-electron chi connectivity index (χ2n) is 6.92. The molecule has 3 aromatic rings. The predicted molar refractivity (Wildman–Crippen MR) is 136 cm³/mol. The maximum absolute atomic E-state index is 12.6. The first-order valence-corrected chi connectivity index (χ1v) is 11.3. The number of ether oxygens (including phenoxy) is 1. The van der Waals surface area contributed by atoms with Crippen molar-refractivity contribution in [3.05, 3.63) is 95.9 Å². The molecule has 0 aliphatic rings. The van der Waals surface area contributed by atoms with Gasteiger partial charge in [-0.2, -0.15) is 5.26 Å². The number of anilines is 1. The van der Waals surface area contributed by atoms with Gasteiger partial charge < -0.3 is 10.1 Å². The largest absolute Gasteiger partial charge is 0.486 e. The molecule has 0 atom stereocenters. The van der Waals surface area contributed by atoms with Gasteiger partial charge in [0.15, 0.2) is 5.75 Å². The van der Waals surface area contributed by atoms with Crippen molar-refractivity contribution in [1.29, 1.82) is 5.26 Å². The van der Waals surface area contributed by atoms with Crippen molar-refractivity contribution in [2.75, 3.05) is 5.32 Å². The number of rotatable bonds is 6. The van der Waals surface area contributed by atoms with Crippen LogP contribution in [0.25, 0.3) is 6.08 Å². The zero-order valence-electron chi connectivity index (χ0n) is 17.1. The van der Waals surface area contributed by atoms with E-state index in [2.05, 4.69) is 5.32 Å². The molecule has 0 fully saturated rings. The van der Waals surface area contributed by atoms with Crippen LogP contribution in [0.4, 0.5) is 5.69 Å². The normalized spacial score (nSPS) is 11.1. The molecule has 3 aromatic carbocycles. The SMILES string of the molecule is Cc1ccc(Cl)cc1NC(=O)/C(C#N)=C/c1cc(Cl)c(OCc2ccc(Cl)cc2Cl)c(Cl)c1. The number of nitrogens with one attached hydrogen (secondary N) is 1. The van der Waals surface area contributed by atoms with Crippen LogP contribution in [0.15, 0.2) is 54.1 Å². The van der Waals surface area contributed by atoms with Crippen molar-refractivity contribution in [2.45, 2.75) is 13.5 Å². The van der Waals surface area contributed by atoms with Crippen molar-refractivity contribution in [2.24, 2.45) is 0 Å². The number of benzene rings is 3. The number of carbonyl (C=O) groups excluding carboxylic acids is 1. The van der Waals surface area contributed by atoms with E-state index in [9.17, 15) is 10.1 Å². The van der Waals surface area contributed by atoms with Crippen LogP contribution in [0.2, 0.25) is 25.1 Å². The second kappa shape index (κ2) is 11.2. The number of hydrogen-bond acceptors (Lipinski definition) is 3. The maximum atomic E-state index is 12.6. The summed E-state index contributed by atoms with van der Waals surface area (Å²) < 4.78 is 5.74. The van der Waals surface area contributed by atoms with Gasteiger partial charge in [0.1, 0.15) is 18.2 Å². The molecule has 3 rings (SSSR count). The molecule has 0 bridgehead atoms. The molecule has 168 valence electrons. The summed E-state index contributed by atoms with van der Waals surface area (Å²) in [6, 6.07) is 15.1. The summed E-state index contributed by atoms with van der Waals surface area (Å²) in [5.74, 6) is -0.341. The third kappa shape index (κ3) is 6.57. The number of nitrogens with zero attached hydrogens (tertiary/aromatic N) is 1. The molecular formula is C24H15Cl5N2O2. The van der Waals surface area contributed by atoms with Crippen LogP contribution >= 0.6 is 58.0 Å². The third-order valence-corrected chi connectivity index (χ3v) is 5.92. The van der Waals surface area contributed by atoms with E-state index in [1.807, 2.05) is 13.0 Å². The van der Waals surface area contributed by atoms with E-state index in [0.717, 1.165) is 5.56 Å². The molecule has 0 aliphatic heterocycles. The summed E-state index contributed by atoms with van der Waals surface area (Å²) in [6.07, 6.45) is 1.38. The minimum absolute atomic E-state index is 0.121. The fourth-order valence-electron chi connectivity index (χ4n) is 2.82. The Morgan fingerprint density at radius 2 is 1.61 bits per heavy atom. The second-order valence-corrected chi connectivity index (χ2v) is 9.02. The molecule has 4 nitrogen and oxygen atoms in total. The highest BCUT2D eigenvalue weighted by atomic mass is 35.5. The number of hydrogen-bond donors (Lipinski definition) is 1. The zero-order chi connectivity index (χ0) is 24.1. The molecule has 0 saturated carbocycles. The molecule has 0 radical (unpaired) electrons. The lowest BCUT2D eigenvalue weighted by Crippen LogP contribution is -2.14. The first-order chi connectivity index (χ1) is 15.7. The van der Waals surface area contributed by atoms with Crippen LogP contribution in [0.5, 0.6) is 5.75 Å². The van der Waals surface area contributed by atoms with Crippen LogP contribution in [0.1, 0.15) is 16.7 Å². The fourth-order valence-corrected chi connectivity index (χ4v) is 4.07. The Kier molecular flexibility index (Phi) is 8.53. The maximum Gasteiger partial charge on any atom is 0.266 e. The predicted octanol–water partition coefficient (Wildman–Crippen LogP) is 8.39. The molecule has 1 amide bonds. The van der Waals surface area contributed by atoms with Crippen molar-refractivity contribution >= 4 is 75.7 Å². The van der Waals surface area contributed by atoms with Crippen LogP contribution in [-0.2, 0) is 11.4 Å². The van der Waals surface area contributed by atoms with Gasteiger partial charge in [-0.05, 0) is 60.5 Å². The average molecular weight is 541 g/mol. The monoisotopic (exact) mass is 538 g/mol. The molecule has 0 unspecified atom stereocenters. The Balaban J connectivity index is 1.80. The van der Waals surface area contributed by atoms with E-state index >= 15 is 0 Å². The van der Waals surface area contributed by atoms with E-state index in [4.69, 9.17) is 62.7 Å². The van der Waals surface area contributed by atoms with E-state index in [0.29, 0.717) is 31.9 Å². The standard InChI is InChI=1S/C24H15Cl5N2O2/c1-13-2-4-18(26)10-22(13)31-24(32)16(11-30)6-14-7-20(28)23(21(29)8-14)33-12-15-3-5-17(25)9-19(15)27/h2-10H,12H2,1H3,(H,31,32)/b16-6+. The van der Waals surface area contributed by atoms with E-state index < -0.39 is 5.91 Å². The van der Waals surface area contributed by atoms with E-state index in [-0.39, 0.29) is 28.0 Å². The summed E-state index contributed by atoms with van der Waals surface area (Å²) >= 11 is 30.8. The summed E-state index contributed by atoms with van der Waals surface area (Å²) in [5.41, 5.74) is 2.34. The molecule has 0 heterocycles. The Labute approximate surface area is 216 Å². The number of carbonyl (C=O) groups is 1. The van der Waals surface area contributed by atoms with Crippen LogP contribution < -0.4 is 10.1 Å². The molecule has 0 aliphatic carbocycles. The molecule has 9 heteroatoms. The van der Waals surface area contributed by atoms with Gasteiger partial charge in [0, 0.05) is 26.3 Å². The highest BCUT2D eigenvalue weighted by Gasteiger charge is 2.14. The Bertz CT molecular complexity index is 1280. The third-order valence-electron chi connectivity index (χ3n) is 4.53. The minimum Gasteiger partial charge on any atom is -0.486 e. The highest BCUT2D eigenvalue weighted by Crippen LogP contribution is 2.36. The van der Waals surface area contributed by atoms with Crippen molar-refractivity contribution < 1.29 is 9.53 Å². The zero-order valence-corrected chi connectivity index (χ0v) is 20.8. The Morgan fingerprint density at radius 3 is 2.24 bits per heavy atom. The van der Waals surface area contributed by atoms with Crippen LogP contribution in [-0.4, -0.2) is 5.91 Å². The van der Waals surface area contributed by atoms with Crippen LogP contribution in [0, 0.1) is 18.3 Å². The summed E-state index contributed by atoms with van der Waals surface area (Å²) in [5, 5.41) is 14.0. The molecule has 0 spiro atoms. The molecular weight excluding hydrogens is 526 g/mol. The van der Waals surface area contributed by atoms with Gasteiger partial charge in [0.05, 0.1) is 10.0 Å². The first-order valence-electron chi connectivity index (χ1n) is 9.43. The highest BCUT2D eigenvalue weighted by molar-refractivity contribution is 6.37. The minimum atomic E-state index is -0.590. The summed E-state index contributed by atoms with van der Waals surface area (Å²) in [7, 11) is 0. The lowest BCUT2D eigenvalue weighted by molar-refractivity contribution is -0.112. The van der Waals surface area contributed by atoms with Gasteiger partial charge in [-0.25, -0.2) is 0 Å². The molecule has 0 saturated heterocycles. The number of nitriles is 1. The van der Waals surface area contributed by atoms with Gasteiger partial charge in [-0.1, -0.05) is 70.1 Å². The van der Waals surface area contributed by atoms with Gasteiger partial charge in [-0.15, -0.1) is 0 Å². The quantitative estimate of drug-likeness (QED) is 0.252. The molecule has 33 heavy (non-hydrogen) atoms. The van der Waals surface area contributed by atoms with Crippen molar-refractivity contribution in [3.63, 3.8) is 0 Å². The van der Waals surface area contributed by atoms with Gasteiger partial charge in [-0.3, -0.25) is 4.79 Å². The van der Waals surface area contributed by atoms with Gasteiger partial charge in [0.2, 0.25) is 0 Å². The van der Waals surface area contributed by atoms with E-state index in [1.165, 1.54) is 6.08 Å². The fraction of sp³-hybridized carbons (Fsp3) is 0.0833. The smallest absolute Gasteiger partial charge is 0.266 e. The number of aryl methyl sites for hydroxylation is 1.